The molecule has 0 saturated heterocycles. The summed E-state index contributed by atoms with van der Waals surface area (Å²) in [7, 11) is 0. The van der Waals surface area contributed by atoms with E-state index in [9.17, 15) is 19.5 Å². The molecule has 0 fully saturated rings. The molecule has 27 heavy (non-hydrogen) atoms. The molecule has 1 atom stereocenters. The lowest BCUT2D eigenvalue weighted by molar-refractivity contribution is -0.155. The Bertz CT molecular complexity index is 603. The topological polar surface area (TPSA) is 89.9 Å². The molecule has 6 nitrogen and oxygen atoms in total. The van der Waals surface area contributed by atoms with Crippen LogP contribution in [-0.4, -0.2) is 28.6 Å². The first-order chi connectivity index (χ1) is 12.7. The summed E-state index contributed by atoms with van der Waals surface area (Å²) in [6.45, 7) is 5.60. The van der Waals surface area contributed by atoms with Crippen molar-refractivity contribution in [2.24, 2.45) is 5.92 Å². The summed E-state index contributed by atoms with van der Waals surface area (Å²) in [6.07, 6.45) is 2.53. The van der Waals surface area contributed by atoms with Gasteiger partial charge in [-0.2, -0.15) is 0 Å². The quantitative estimate of drug-likeness (QED) is 0.460. The number of unbranched alkanes of at least 4 members (excludes halogenated alkanes) is 2. The van der Waals surface area contributed by atoms with Crippen LogP contribution >= 0.6 is 0 Å². The second-order valence-corrected chi connectivity index (χ2v) is 7.57. The van der Waals surface area contributed by atoms with E-state index in [1.165, 1.54) is 0 Å². The minimum Gasteiger partial charge on any atom is -0.481 e. The van der Waals surface area contributed by atoms with Crippen molar-refractivity contribution in [1.82, 2.24) is 0 Å². The third-order valence-corrected chi connectivity index (χ3v) is 3.86. The van der Waals surface area contributed by atoms with Crippen LogP contribution in [0, 0.1) is 5.92 Å². The zero-order valence-electron chi connectivity index (χ0n) is 16.4. The number of rotatable bonds is 11. The summed E-state index contributed by atoms with van der Waals surface area (Å²) in [5.41, 5.74) is 0.367. The van der Waals surface area contributed by atoms with Gasteiger partial charge in [0.1, 0.15) is 12.2 Å². The molecule has 0 saturated carbocycles. The molecule has 6 heteroatoms. The van der Waals surface area contributed by atoms with E-state index in [4.69, 9.17) is 9.47 Å². The smallest absolute Gasteiger partial charge is 0.307 e. The zero-order chi connectivity index (χ0) is 20.3. The van der Waals surface area contributed by atoms with Crippen LogP contribution in [0.4, 0.5) is 0 Å². The molecule has 0 aliphatic rings. The van der Waals surface area contributed by atoms with Crippen LogP contribution in [0.25, 0.3) is 0 Å². The minimum absolute atomic E-state index is 0.141. The third kappa shape index (κ3) is 11.1. The van der Waals surface area contributed by atoms with Crippen molar-refractivity contribution in [2.45, 2.75) is 71.5 Å². The van der Waals surface area contributed by atoms with Gasteiger partial charge in [0, 0.05) is 6.42 Å². The van der Waals surface area contributed by atoms with Gasteiger partial charge >= 0.3 is 17.9 Å². The first kappa shape index (κ1) is 22.7. The Morgan fingerprint density at radius 3 is 2.26 bits per heavy atom. The van der Waals surface area contributed by atoms with Crippen LogP contribution in [0.3, 0.4) is 0 Å². The number of hydrogen-bond donors (Lipinski definition) is 1. The molecule has 0 aliphatic carbocycles. The van der Waals surface area contributed by atoms with E-state index in [0.29, 0.717) is 32.1 Å². The molecule has 0 aliphatic heterocycles. The van der Waals surface area contributed by atoms with Crippen LogP contribution in [-0.2, 0) is 30.5 Å². The first-order valence-corrected chi connectivity index (χ1v) is 9.31. The monoisotopic (exact) mass is 378 g/mol. The number of benzene rings is 1. The number of carbonyl (C=O) groups is 3. The van der Waals surface area contributed by atoms with E-state index in [2.05, 4.69) is 0 Å². The molecule has 0 aromatic heterocycles. The van der Waals surface area contributed by atoms with Crippen LogP contribution < -0.4 is 0 Å². The van der Waals surface area contributed by atoms with E-state index in [-0.39, 0.29) is 19.0 Å². The molecule has 150 valence electrons. The van der Waals surface area contributed by atoms with Crippen molar-refractivity contribution in [3.8, 4) is 0 Å². The minimum atomic E-state index is -1.00. The highest BCUT2D eigenvalue weighted by molar-refractivity contribution is 5.78. The molecule has 0 radical (unpaired) electrons. The molecular formula is C21H30O6. The Hall–Kier alpha value is -2.37. The van der Waals surface area contributed by atoms with E-state index < -0.39 is 23.5 Å². The van der Waals surface area contributed by atoms with Crippen LogP contribution in [0.5, 0.6) is 0 Å². The predicted octanol–water partition coefficient (Wildman–Crippen LogP) is 4.11. The van der Waals surface area contributed by atoms with Gasteiger partial charge in [-0.1, -0.05) is 43.2 Å². The Kier molecular flexibility index (Phi) is 9.54. The van der Waals surface area contributed by atoms with Crippen molar-refractivity contribution in [3.63, 3.8) is 0 Å². The normalized spacial score (nSPS) is 12.3. The predicted molar refractivity (Wildman–Crippen MR) is 101 cm³/mol. The molecule has 0 unspecified atom stereocenters. The number of carboxylic acids is 1. The highest BCUT2D eigenvalue weighted by atomic mass is 16.6. The number of carbonyl (C=O) groups excluding carboxylic acids is 2. The molecule has 0 heterocycles. The SMILES string of the molecule is CC(C)(C)OC(=O)CCCCC[C@H](CC(=O)OCc1ccccc1)C(=O)O. The number of aliphatic carboxylic acids is 1. The fraction of sp³-hybridized carbons (Fsp3) is 0.571. The standard InChI is InChI=1S/C21H30O6/c1-21(2,3)27-18(22)13-9-5-8-12-17(20(24)25)14-19(23)26-15-16-10-6-4-7-11-16/h4,6-7,10-11,17H,5,8-9,12-15H2,1-3H3,(H,24,25)/t17-/m1/s1. The summed E-state index contributed by atoms with van der Waals surface area (Å²) in [6, 6.07) is 9.24. The van der Waals surface area contributed by atoms with Gasteiger partial charge in [-0.25, -0.2) is 0 Å². The van der Waals surface area contributed by atoms with Gasteiger partial charge in [-0.15, -0.1) is 0 Å². The Balaban J connectivity index is 2.26. The van der Waals surface area contributed by atoms with Gasteiger partial charge in [0.05, 0.1) is 12.3 Å². The number of carboxylic acid groups (broad SMARTS) is 1. The zero-order valence-corrected chi connectivity index (χ0v) is 16.4. The molecule has 1 N–H and O–H groups in total. The summed E-state index contributed by atoms with van der Waals surface area (Å²) < 4.78 is 10.4. The Labute approximate surface area is 160 Å². The first-order valence-electron chi connectivity index (χ1n) is 9.31. The van der Waals surface area contributed by atoms with Gasteiger partial charge in [-0.3, -0.25) is 14.4 Å². The maximum absolute atomic E-state index is 11.9. The molecular weight excluding hydrogens is 348 g/mol. The van der Waals surface area contributed by atoms with E-state index in [0.717, 1.165) is 5.56 Å². The molecule has 1 aromatic carbocycles. The lowest BCUT2D eigenvalue weighted by Crippen LogP contribution is -2.23. The van der Waals surface area contributed by atoms with Gasteiger partial charge < -0.3 is 14.6 Å². The van der Waals surface area contributed by atoms with E-state index in [1.807, 2.05) is 51.1 Å². The number of hydrogen-bond acceptors (Lipinski definition) is 5. The molecule has 0 bridgehead atoms. The van der Waals surface area contributed by atoms with E-state index >= 15 is 0 Å². The van der Waals surface area contributed by atoms with E-state index in [1.54, 1.807) is 0 Å². The number of ether oxygens (including phenoxy) is 2. The maximum atomic E-state index is 11.9. The summed E-state index contributed by atoms with van der Waals surface area (Å²) >= 11 is 0. The van der Waals surface area contributed by atoms with Crippen molar-refractivity contribution < 1.29 is 29.0 Å². The molecule has 0 spiro atoms. The van der Waals surface area contributed by atoms with Crippen molar-refractivity contribution in [2.75, 3.05) is 0 Å². The lowest BCUT2D eigenvalue weighted by atomic mass is 9.97. The fourth-order valence-corrected chi connectivity index (χ4v) is 2.54. The fourth-order valence-electron chi connectivity index (χ4n) is 2.54. The maximum Gasteiger partial charge on any atom is 0.307 e. The largest absolute Gasteiger partial charge is 0.481 e. The van der Waals surface area contributed by atoms with Gasteiger partial charge in [0.25, 0.3) is 0 Å². The van der Waals surface area contributed by atoms with Gasteiger partial charge in [0.2, 0.25) is 0 Å². The third-order valence-electron chi connectivity index (χ3n) is 3.86. The van der Waals surface area contributed by atoms with Gasteiger partial charge in [-0.05, 0) is 39.2 Å². The van der Waals surface area contributed by atoms with Crippen LogP contribution in [0.2, 0.25) is 0 Å². The highest BCUT2D eigenvalue weighted by Gasteiger charge is 2.22. The second kappa shape index (κ2) is 11.4. The van der Waals surface area contributed by atoms with Crippen LogP contribution in [0.15, 0.2) is 30.3 Å². The van der Waals surface area contributed by atoms with Crippen molar-refractivity contribution >= 4 is 17.9 Å². The van der Waals surface area contributed by atoms with Gasteiger partial charge in [0.15, 0.2) is 0 Å². The average Bonchev–Trinajstić information content (AvgIpc) is 2.57. The van der Waals surface area contributed by atoms with Crippen LogP contribution in [0.1, 0.15) is 64.9 Å². The Morgan fingerprint density at radius 2 is 1.67 bits per heavy atom. The summed E-state index contributed by atoms with van der Waals surface area (Å²) in [5, 5.41) is 9.30. The van der Waals surface area contributed by atoms with Crippen molar-refractivity contribution in [3.05, 3.63) is 35.9 Å². The molecule has 1 aromatic rings. The average molecular weight is 378 g/mol. The Morgan fingerprint density at radius 1 is 1.00 bits per heavy atom. The highest BCUT2D eigenvalue weighted by Crippen LogP contribution is 2.17. The number of esters is 2. The lowest BCUT2D eigenvalue weighted by Gasteiger charge is -2.19. The second-order valence-electron chi connectivity index (χ2n) is 7.57. The van der Waals surface area contributed by atoms with Crippen molar-refractivity contribution in [1.29, 1.82) is 0 Å². The summed E-state index contributed by atoms with van der Waals surface area (Å²) in [5.74, 6) is -2.53. The molecule has 0 amide bonds. The summed E-state index contributed by atoms with van der Waals surface area (Å²) in [4.78, 5) is 34.9. The molecule has 1 rings (SSSR count).